The summed E-state index contributed by atoms with van der Waals surface area (Å²) >= 11 is 6.16. The fraction of sp³-hybridized carbons (Fsp3) is 0.250. The van der Waals surface area contributed by atoms with E-state index in [1.807, 2.05) is 23.1 Å². The Kier molecular flexibility index (Phi) is 4.76. The van der Waals surface area contributed by atoms with Crippen molar-refractivity contribution in [3.63, 3.8) is 0 Å². The first-order valence-electron chi connectivity index (χ1n) is 7.33. The van der Waals surface area contributed by atoms with E-state index in [1.165, 1.54) is 4.31 Å². The lowest BCUT2D eigenvalue weighted by Gasteiger charge is -2.35. The van der Waals surface area contributed by atoms with Crippen molar-refractivity contribution in [1.82, 2.24) is 4.31 Å². The Balaban J connectivity index is 1.77. The molecular weight excluding hydrogens is 358 g/mol. The second kappa shape index (κ2) is 6.66. The third-order valence-corrected chi connectivity index (χ3v) is 6.10. The van der Waals surface area contributed by atoms with E-state index in [0.717, 1.165) is 17.8 Å². The Morgan fingerprint density at radius 1 is 0.917 bits per heavy atom. The number of sulfonamides is 1. The molecule has 0 atom stereocenters. The van der Waals surface area contributed by atoms with E-state index >= 15 is 0 Å². The first-order valence-corrected chi connectivity index (χ1v) is 9.15. The second-order valence-corrected chi connectivity index (χ2v) is 7.79. The summed E-state index contributed by atoms with van der Waals surface area (Å²) < 4.78 is 52.9. The van der Waals surface area contributed by atoms with Gasteiger partial charge in [-0.25, -0.2) is 17.2 Å². The van der Waals surface area contributed by atoms with Gasteiger partial charge in [-0.1, -0.05) is 23.7 Å². The van der Waals surface area contributed by atoms with Crippen LogP contribution in [0.2, 0.25) is 5.02 Å². The fourth-order valence-electron chi connectivity index (χ4n) is 2.70. The predicted octanol–water partition coefficient (Wildman–Crippen LogP) is 3.13. The average Bonchev–Trinajstić information content (AvgIpc) is 2.54. The summed E-state index contributed by atoms with van der Waals surface area (Å²) in [6.07, 6.45) is 0. The van der Waals surface area contributed by atoms with Gasteiger partial charge in [0.05, 0.1) is 15.6 Å². The van der Waals surface area contributed by atoms with E-state index in [-0.39, 0.29) is 18.0 Å². The lowest BCUT2D eigenvalue weighted by molar-refractivity contribution is 0.384. The van der Waals surface area contributed by atoms with Gasteiger partial charge in [-0.3, -0.25) is 0 Å². The largest absolute Gasteiger partial charge is 0.368 e. The van der Waals surface area contributed by atoms with Crippen molar-refractivity contribution < 1.29 is 17.2 Å². The molecule has 1 heterocycles. The molecule has 0 unspecified atom stereocenters. The molecule has 1 aliphatic rings. The fourth-order valence-corrected chi connectivity index (χ4v) is 4.42. The van der Waals surface area contributed by atoms with E-state index in [1.54, 1.807) is 6.07 Å². The smallest absolute Gasteiger partial charge is 0.243 e. The maximum absolute atomic E-state index is 13.3. The normalized spacial score (nSPS) is 16.4. The quantitative estimate of drug-likeness (QED) is 0.831. The van der Waals surface area contributed by atoms with E-state index in [0.29, 0.717) is 24.2 Å². The molecule has 2 aromatic rings. The summed E-state index contributed by atoms with van der Waals surface area (Å²) in [5, 5.41) is 0.598. The van der Waals surface area contributed by atoms with Crippen LogP contribution in [0.1, 0.15) is 0 Å². The highest BCUT2D eigenvalue weighted by atomic mass is 35.5. The molecule has 1 fully saturated rings. The highest BCUT2D eigenvalue weighted by Gasteiger charge is 2.29. The Morgan fingerprint density at radius 3 is 2.08 bits per heavy atom. The van der Waals surface area contributed by atoms with Gasteiger partial charge < -0.3 is 4.90 Å². The van der Waals surface area contributed by atoms with Gasteiger partial charge in [0.1, 0.15) is 11.6 Å². The number of halogens is 3. The summed E-state index contributed by atoms with van der Waals surface area (Å²) in [6, 6.07) is 9.64. The minimum atomic E-state index is -3.93. The van der Waals surface area contributed by atoms with Crippen molar-refractivity contribution >= 4 is 27.3 Å². The minimum Gasteiger partial charge on any atom is -0.368 e. The van der Waals surface area contributed by atoms with Crippen LogP contribution in [0.15, 0.2) is 47.4 Å². The number of piperazine rings is 1. The van der Waals surface area contributed by atoms with Gasteiger partial charge in [-0.05, 0) is 24.3 Å². The molecule has 4 nitrogen and oxygen atoms in total. The van der Waals surface area contributed by atoms with Gasteiger partial charge in [-0.15, -0.1) is 0 Å². The van der Waals surface area contributed by atoms with Gasteiger partial charge in [0.15, 0.2) is 0 Å². The Hall–Kier alpha value is -1.70. The Labute approximate surface area is 144 Å². The van der Waals surface area contributed by atoms with Gasteiger partial charge in [0.25, 0.3) is 0 Å². The van der Waals surface area contributed by atoms with Gasteiger partial charge in [-0.2, -0.15) is 4.31 Å². The van der Waals surface area contributed by atoms with Gasteiger partial charge in [0, 0.05) is 32.2 Å². The van der Waals surface area contributed by atoms with Crippen LogP contribution in [0, 0.1) is 11.6 Å². The number of nitrogens with zero attached hydrogens (tertiary/aromatic N) is 2. The SMILES string of the molecule is O=S(=O)(c1cc(F)cc(F)c1)N1CCN(c2ccccc2Cl)CC1. The van der Waals surface area contributed by atoms with Gasteiger partial charge >= 0.3 is 0 Å². The molecule has 0 N–H and O–H groups in total. The molecule has 1 aliphatic heterocycles. The van der Waals surface area contributed by atoms with Crippen LogP contribution in [-0.4, -0.2) is 38.9 Å². The average molecular weight is 373 g/mol. The zero-order valence-corrected chi connectivity index (χ0v) is 14.2. The molecule has 24 heavy (non-hydrogen) atoms. The highest BCUT2D eigenvalue weighted by Crippen LogP contribution is 2.27. The molecule has 0 aliphatic carbocycles. The first-order chi connectivity index (χ1) is 11.4. The number of rotatable bonds is 3. The summed E-state index contributed by atoms with van der Waals surface area (Å²) in [5.41, 5.74) is 0.841. The molecule has 1 saturated heterocycles. The maximum Gasteiger partial charge on any atom is 0.243 e. The zero-order valence-electron chi connectivity index (χ0n) is 12.6. The van der Waals surface area contributed by atoms with Crippen molar-refractivity contribution in [2.75, 3.05) is 31.1 Å². The summed E-state index contributed by atoms with van der Waals surface area (Å²) in [5.74, 6) is -1.83. The lowest BCUT2D eigenvalue weighted by Crippen LogP contribution is -2.48. The van der Waals surface area contributed by atoms with E-state index in [2.05, 4.69) is 0 Å². The van der Waals surface area contributed by atoms with Crippen molar-refractivity contribution in [2.45, 2.75) is 4.90 Å². The second-order valence-electron chi connectivity index (χ2n) is 5.45. The topological polar surface area (TPSA) is 40.6 Å². The number of para-hydroxylation sites is 1. The van der Waals surface area contributed by atoms with E-state index in [9.17, 15) is 17.2 Å². The van der Waals surface area contributed by atoms with Crippen molar-refractivity contribution in [3.8, 4) is 0 Å². The summed E-state index contributed by atoms with van der Waals surface area (Å²) in [7, 11) is -3.93. The molecular formula is C16H15ClF2N2O2S. The van der Waals surface area contributed by atoms with E-state index < -0.39 is 21.7 Å². The molecule has 128 valence electrons. The predicted molar refractivity (Wildman–Crippen MR) is 88.8 cm³/mol. The number of hydrogen-bond donors (Lipinski definition) is 0. The van der Waals surface area contributed by atoms with Crippen LogP contribution >= 0.6 is 11.6 Å². The Morgan fingerprint density at radius 2 is 1.50 bits per heavy atom. The maximum atomic E-state index is 13.3. The number of benzene rings is 2. The molecule has 0 amide bonds. The molecule has 0 spiro atoms. The number of anilines is 1. The molecule has 8 heteroatoms. The van der Waals surface area contributed by atoms with Crippen LogP contribution < -0.4 is 4.90 Å². The van der Waals surface area contributed by atoms with Crippen LogP contribution in [0.25, 0.3) is 0 Å². The molecule has 0 aromatic heterocycles. The van der Waals surface area contributed by atoms with Crippen LogP contribution in [0.3, 0.4) is 0 Å². The minimum absolute atomic E-state index is 0.214. The van der Waals surface area contributed by atoms with Crippen LogP contribution in [-0.2, 0) is 10.0 Å². The standard InChI is InChI=1S/C16H15ClF2N2O2S/c17-15-3-1-2-4-16(15)20-5-7-21(8-6-20)24(22,23)14-10-12(18)9-13(19)11-14/h1-4,9-11H,5-8H2. The highest BCUT2D eigenvalue weighted by molar-refractivity contribution is 7.89. The molecule has 0 bridgehead atoms. The van der Waals surface area contributed by atoms with Crippen LogP contribution in [0.4, 0.5) is 14.5 Å². The third-order valence-electron chi connectivity index (χ3n) is 3.91. The molecule has 3 rings (SSSR count). The summed E-state index contributed by atoms with van der Waals surface area (Å²) in [6.45, 7) is 1.32. The molecule has 0 saturated carbocycles. The van der Waals surface area contributed by atoms with Crippen molar-refractivity contribution in [3.05, 3.63) is 59.1 Å². The molecule has 0 radical (unpaired) electrons. The number of hydrogen-bond acceptors (Lipinski definition) is 3. The van der Waals surface area contributed by atoms with Crippen LogP contribution in [0.5, 0.6) is 0 Å². The third kappa shape index (κ3) is 3.38. The van der Waals surface area contributed by atoms with E-state index in [4.69, 9.17) is 11.6 Å². The van der Waals surface area contributed by atoms with Crippen molar-refractivity contribution in [2.24, 2.45) is 0 Å². The zero-order chi connectivity index (χ0) is 17.3. The van der Waals surface area contributed by atoms with Crippen molar-refractivity contribution in [1.29, 1.82) is 0 Å². The monoisotopic (exact) mass is 372 g/mol. The Bertz CT molecular complexity index is 833. The summed E-state index contributed by atoms with van der Waals surface area (Å²) in [4.78, 5) is 1.62. The molecule has 2 aromatic carbocycles. The van der Waals surface area contributed by atoms with Gasteiger partial charge in [0.2, 0.25) is 10.0 Å². The lowest BCUT2D eigenvalue weighted by atomic mass is 10.2. The first kappa shape index (κ1) is 17.1.